The van der Waals surface area contributed by atoms with Crippen molar-refractivity contribution >= 4 is 11.0 Å². The van der Waals surface area contributed by atoms with Gasteiger partial charge in [-0.2, -0.15) is 5.10 Å². The van der Waals surface area contributed by atoms with Crippen LogP contribution in [-0.4, -0.2) is 36.0 Å². The van der Waals surface area contributed by atoms with E-state index in [1.54, 1.807) is 0 Å². The van der Waals surface area contributed by atoms with Crippen molar-refractivity contribution < 1.29 is 5.11 Å². The van der Waals surface area contributed by atoms with Crippen LogP contribution in [0.15, 0.2) is 30.6 Å². The highest BCUT2D eigenvalue weighted by atomic mass is 16.3. The Balaban J connectivity index is 1.87. The van der Waals surface area contributed by atoms with E-state index in [9.17, 15) is 0 Å². The molecule has 2 aromatic heterocycles. The van der Waals surface area contributed by atoms with Crippen LogP contribution < -0.4 is 0 Å². The van der Waals surface area contributed by atoms with Crippen molar-refractivity contribution in [1.82, 2.24) is 24.3 Å². The maximum absolute atomic E-state index is 9.13. The van der Waals surface area contributed by atoms with Gasteiger partial charge in [0.2, 0.25) is 0 Å². The normalized spacial score (nSPS) is 12.8. The first-order valence-corrected chi connectivity index (χ1v) is 8.64. The number of hydrogen-bond acceptors (Lipinski definition) is 4. The first kappa shape index (κ1) is 16.6. The summed E-state index contributed by atoms with van der Waals surface area (Å²) >= 11 is 0. The van der Waals surface area contributed by atoms with Gasteiger partial charge in [0, 0.05) is 19.6 Å². The van der Waals surface area contributed by atoms with Gasteiger partial charge in [-0.15, -0.1) is 0 Å². The van der Waals surface area contributed by atoms with Gasteiger partial charge in [-0.25, -0.2) is 14.6 Å². The van der Waals surface area contributed by atoms with Gasteiger partial charge < -0.3 is 9.67 Å². The second kappa shape index (κ2) is 7.57. The number of hydrogen-bond donors (Lipinski definition) is 1. The maximum atomic E-state index is 9.13. The fourth-order valence-corrected chi connectivity index (χ4v) is 2.77. The number of imidazole rings is 1. The summed E-state index contributed by atoms with van der Waals surface area (Å²) in [5.74, 6) is 2.38. The Labute approximate surface area is 142 Å². The molecule has 0 aliphatic carbocycles. The van der Waals surface area contributed by atoms with E-state index in [2.05, 4.69) is 34.6 Å². The van der Waals surface area contributed by atoms with Crippen LogP contribution in [0.4, 0.5) is 0 Å². The molecule has 6 nitrogen and oxygen atoms in total. The fourth-order valence-electron chi connectivity index (χ4n) is 2.77. The molecule has 3 aromatic rings. The monoisotopic (exact) mass is 327 g/mol. The third-order valence-corrected chi connectivity index (χ3v) is 4.39. The second-order valence-electron chi connectivity index (χ2n) is 6.32. The van der Waals surface area contributed by atoms with Crippen molar-refractivity contribution in [2.75, 3.05) is 6.61 Å². The van der Waals surface area contributed by atoms with Crippen molar-refractivity contribution in [3.05, 3.63) is 42.2 Å². The molecule has 0 aliphatic heterocycles. The smallest absolute Gasteiger partial charge is 0.151 e. The first-order chi connectivity index (χ1) is 11.7. The molecule has 3 rings (SSSR count). The Hall–Kier alpha value is -2.21. The molecule has 0 saturated heterocycles. The molecule has 0 spiro atoms. The van der Waals surface area contributed by atoms with Gasteiger partial charge in [-0.3, -0.25) is 0 Å². The quantitative estimate of drug-likeness (QED) is 0.690. The summed E-state index contributed by atoms with van der Waals surface area (Å²) in [6, 6.07) is 8.09. The number of aryl methyl sites for hydroxylation is 1. The SMILES string of the molecule is CCC(C)Cc1nc(Cn2cnc3ccccc32)n(CCCO)n1. The van der Waals surface area contributed by atoms with Gasteiger partial charge in [0.25, 0.3) is 0 Å². The first-order valence-electron chi connectivity index (χ1n) is 8.64. The Bertz CT molecular complexity index is 792. The second-order valence-corrected chi connectivity index (χ2v) is 6.32. The highest BCUT2D eigenvalue weighted by Crippen LogP contribution is 2.15. The lowest BCUT2D eigenvalue weighted by atomic mass is 10.1. The summed E-state index contributed by atoms with van der Waals surface area (Å²) in [5, 5.41) is 13.8. The molecule has 128 valence electrons. The van der Waals surface area contributed by atoms with E-state index in [-0.39, 0.29) is 6.61 Å². The third-order valence-electron chi connectivity index (χ3n) is 4.39. The van der Waals surface area contributed by atoms with Crippen LogP contribution >= 0.6 is 0 Å². The van der Waals surface area contributed by atoms with E-state index in [4.69, 9.17) is 10.1 Å². The zero-order chi connectivity index (χ0) is 16.9. The molecule has 24 heavy (non-hydrogen) atoms. The minimum atomic E-state index is 0.161. The van der Waals surface area contributed by atoms with Gasteiger partial charge >= 0.3 is 0 Å². The van der Waals surface area contributed by atoms with Crippen molar-refractivity contribution in [2.45, 2.75) is 46.2 Å². The van der Waals surface area contributed by atoms with Crippen molar-refractivity contribution in [1.29, 1.82) is 0 Å². The number of benzene rings is 1. The third kappa shape index (κ3) is 3.64. The molecule has 1 N–H and O–H groups in total. The van der Waals surface area contributed by atoms with Crippen LogP contribution in [-0.2, 0) is 19.5 Å². The van der Waals surface area contributed by atoms with E-state index in [1.165, 1.54) is 0 Å². The number of aliphatic hydroxyl groups excluding tert-OH is 1. The molecule has 1 atom stereocenters. The van der Waals surface area contributed by atoms with E-state index >= 15 is 0 Å². The molecule has 1 aromatic carbocycles. The van der Waals surface area contributed by atoms with E-state index in [0.717, 1.165) is 35.5 Å². The Kier molecular flexibility index (Phi) is 5.25. The molecule has 0 fully saturated rings. The zero-order valence-electron chi connectivity index (χ0n) is 14.4. The van der Waals surface area contributed by atoms with Crippen LogP contribution in [0.2, 0.25) is 0 Å². The molecule has 0 bridgehead atoms. The minimum Gasteiger partial charge on any atom is -0.396 e. The molecular weight excluding hydrogens is 302 g/mol. The number of para-hydroxylation sites is 2. The number of aromatic nitrogens is 5. The van der Waals surface area contributed by atoms with Crippen LogP contribution in [0, 0.1) is 5.92 Å². The summed E-state index contributed by atoms with van der Waals surface area (Å²) in [6.07, 6.45) is 4.54. The highest BCUT2D eigenvalue weighted by molar-refractivity contribution is 5.74. The number of fused-ring (bicyclic) bond motifs is 1. The van der Waals surface area contributed by atoms with Crippen molar-refractivity contribution in [3.63, 3.8) is 0 Å². The topological polar surface area (TPSA) is 68.8 Å². The summed E-state index contributed by atoms with van der Waals surface area (Å²) in [4.78, 5) is 9.19. The van der Waals surface area contributed by atoms with Gasteiger partial charge in [0.05, 0.1) is 23.9 Å². The summed E-state index contributed by atoms with van der Waals surface area (Å²) in [7, 11) is 0. The number of aliphatic hydroxyl groups is 1. The molecule has 6 heteroatoms. The van der Waals surface area contributed by atoms with Crippen LogP contribution in [0.1, 0.15) is 38.3 Å². The van der Waals surface area contributed by atoms with E-state index in [0.29, 0.717) is 25.4 Å². The minimum absolute atomic E-state index is 0.161. The lowest BCUT2D eigenvalue weighted by Gasteiger charge is -2.06. The Morgan fingerprint density at radius 3 is 2.88 bits per heavy atom. The Morgan fingerprint density at radius 2 is 2.08 bits per heavy atom. The molecule has 0 aliphatic rings. The number of rotatable bonds is 8. The summed E-state index contributed by atoms with van der Waals surface area (Å²) in [6.45, 7) is 5.89. The highest BCUT2D eigenvalue weighted by Gasteiger charge is 2.13. The van der Waals surface area contributed by atoms with Gasteiger partial charge in [-0.05, 0) is 24.5 Å². The van der Waals surface area contributed by atoms with Crippen molar-refractivity contribution in [3.8, 4) is 0 Å². The lowest BCUT2D eigenvalue weighted by molar-refractivity contribution is 0.275. The maximum Gasteiger partial charge on any atom is 0.151 e. The predicted octanol–water partition coefficient (Wildman–Crippen LogP) is 2.65. The fraction of sp³-hybridized carbons (Fsp3) is 0.500. The molecule has 1 unspecified atom stereocenters. The Morgan fingerprint density at radius 1 is 1.25 bits per heavy atom. The van der Waals surface area contributed by atoms with E-state index < -0.39 is 0 Å². The predicted molar refractivity (Wildman–Crippen MR) is 93.7 cm³/mol. The van der Waals surface area contributed by atoms with Crippen LogP contribution in [0.5, 0.6) is 0 Å². The van der Waals surface area contributed by atoms with Crippen LogP contribution in [0.3, 0.4) is 0 Å². The van der Waals surface area contributed by atoms with Gasteiger partial charge in [-0.1, -0.05) is 32.4 Å². The average Bonchev–Trinajstić information content (AvgIpc) is 3.17. The largest absolute Gasteiger partial charge is 0.396 e. The zero-order valence-corrected chi connectivity index (χ0v) is 14.4. The molecule has 0 amide bonds. The lowest BCUT2D eigenvalue weighted by Crippen LogP contribution is -2.10. The van der Waals surface area contributed by atoms with E-state index in [1.807, 2.05) is 29.2 Å². The molecule has 0 saturated carbocycles. The van der Waals surface area contributed by atoms with Crippen LogP contribution in [0.25, 0.3) is 11.0 Å². The summed E-state index contributed by atoms with van der Waals surface area (Å²) in [5.41, 5.74) is 2.08. The summed E-state index contributed by atoms with van der Waals surface area (Å²) < 4.78 is 4.03. The molecule has 2 heterocycles. The number of nitrogens with zero attached hydrogens (tertiary/aromatic N) is 5. The van der Waals surface area contributed by atoms with Gasteiger partial charge in [0.15, 0.2) is 5.82 Å². The van der Waals surface area contributed by atoms with Gasteiger partial charge in [0.1, 0.15) is 5.82 Å². The molecular formula is C18H25N5O. The standard InChI is InChI=1S/C18H25N5O/c1-3-14(2)11-17-20-18(23(21-17)9-6-10-24)12-22-13-19-15-7-4-5-8-16(15)22/h4-5,7-8,13-14,24H,3,6,9-12H2,1-2H3. The molecule has 0 radical (unpaired) electrons. The average molecular weight is 327 g/mol. The van der Waals surface area contributed by atoms with Crippen molar-refractivity contribution in [2.24, 2.45) is 5.92 Å².